The largest absolute Gasteiger partial charge is 0.435 e. The van der Waals surface area contributed by atoms with E-state index < -0.39 is 11.9 Å². The summed E-state index contributed by atoms with van der Waals surface area (Å²) in [4.78, 5) is 7.85. The summed E-state index contributed by atoms with van der Waals surface area (Å²) >= 11 is 0. The number of para-hydroxylation sites is 1. The van der Waals surface area contributed by atoms with Crippen LogP contribution in [0.5, 0.6) is 0 Å². The minimum Gasteiger partial charge on any atom is -0.383 e. The quantitative estimate of drug-likeness (QED) is 0.595. The average Bonchev–Trinajstić information content (AvgIpc) is 3.13. The summed E-state index contributed by atoms with van der Waals surface area (Å²) in [6, 6.07) is 8.50. The molecule has 4 aromatic rings. The van der Waals surface area contributed by atoms with Crippen molar-refractivity contribution < 1.29 is 13.2 Å². The van der Waals surface area contributed by atoms with Gasteiger partial charge < -0.3 is 5.73 Å². The van der Waals surface area contributed by atoms with Crippen molar-refractivity contribution in [3.63, 3.8) is 0 Å². The molecule has 7 nitrogen and oxygen atoms in total. The third-order valence-electron chi connectivity index (χ3n) is 3.93. The van der Waals surface area contributed by atoms with E-state index in [0.717, 1.165) is 4.68 Å². The second-order valence-corrected chi connectivity index (χ2v) is 5.56. The molecular formula is C16H12F3N7. The number of anilines is 1. The number of aromatic nitrogens is 6. The summed E-state index contributed by atoms with van der Waals surface area (Å²) in [6.45, 7) is 0. The molecule has 0 atom stereocenters. The Morgan fingerprint density at radius 2 is 1.69 bits per heavy atom. The molecular weight excluding hydrogens is 347 g/mol. The Labute approximate surface area is 144 Å². The number of nitrogens with zero attached hydrogens (tertiary/aromatic N) is 6. The maximum absolute atomic E-state index is 13.6. The number of hydrogen-bond donors (Lipinski definition) is 1. The van der Waals surface area contributed by atoms with E-state index in [1.165, 1.54) is 17.1 Å². The molecule has 0 radical (unpaired) electrons. The number of aryl methyl sites for hydroxylation is 1. The van der Waals surface area contributed by atoms with Crippen molar-refractivity contribution in [1.82, 2.24) is 29.5 Å². The van der Waals surface area contributed by atoms with Crippen molar-refractivity contribution in [1.29, 1.82) is 0 Å². The highest BCUT2D eigenvalue weighted by Gasteiger charge is 2.41. The van der Waals surface area contributed by atoms with Gasteiger partial charge in [-0.25, -0.2) is 9.97 Å². The summed E-state index contributed by atoms with van der Waals surface area (Å²) in [5, 5.41) is 8.42. The molecule has 26 heavy (non-hydrogen) atoms. The predicted octanol–water partition coefficient (Wildman–Crippen LogP) is 2.82. The van der Waals surface area contributed by atoms with Crippen LogP contribution in [-0.2, 0) is 13.2 Å². The first kappa shape index (κ1) is 16.1. The number of alkyl halides is 3. The third kappa shape index (κ3) is 2.38. The zero-order valence-corrected chi connectivity index (χ0v) is 13.4. The molecule has 0 unspecified atom stereocenters. The Hall–Kier alpha value is -3.43. The second-order valence-electron chi connectivity index (χ2n) is 5.56. The van der Waals surface area contributed by atoms with Crippen molar-refractivity contribution in [3.05, 3.63) is 48.4 Å². The van der Waals surface area contributed by atoms with Crippen LogP contribution < -0.4 is 5.73 Å². The lowest BCUT2D eigenvalue weighted by molar-refractivity contribution is -0.140. The average molecular weight is 359 g/mol. The molecule has 0 fully saturated rings. The fourth-order valence-electron chi connectivity index (χ4n) is 2.81. The Kier molecular flexibility index (Phi) is 3.43. The van der Waals surface area contributed by atoms with Gasteiger partial charge in [-0.15, -0.1) is 0 Å². The number of halogens is 3. The van der Waals surface area contributed by atoms with Crippen molar-refractivity contribution in [3.8, 4) is 17.2 Å². The molecule has 10 heteroatoms. The first-order valence-electron chi connectivity index (χ1n) is 7.53. The van der Waals surface area contributed by atoms with Crippen molar-refractivity contribution in [2.45, 2.75) is 6.18 Å². The molecule has 0 amide bonds. The highest BCUT2D eigenvalue weighted by molar-refractivity contribution is 5.96. The zero-order valence-electron chi connectivity index (χ0n) is 13.4. The van der Waals surface area contributed by atoms with Crippen LogP contribution in [0.25, 0.3) is 28.1 Å². The van der Waals surface area contributed by atoms with Crippen LogP contribution in [0.15, 0.2) is 42.7 Å². The van der Waals surface area contributed by atoms with Crippen molar-refractivity contribution >= 4 is 16.7 Å². The topological polar surface area (TPSA) is 87.4 Å². The molecule has 0 aliphatic rings. The van der Waals surface area contributed by atoms with E-state index in [-0.39, 0.29) is 23.0 Å². The Balaban J connectivity index is 2.06. The van der Waals surface area contributed by atoms with Gasteiger partial charge in [0.15, 0.2) is 5.69 Å². The normalized spacial score (nSPS) is 12.0. The summed E-state index contributed by atoms with van der Waals surface area (Å²) in [7, 11) is 1.65. The van der Waals surface area contributed by atoms with E-state index in [0.29, 0.717) is 10.9 Å². The van der Waals surface area contributed by atoms with Gasteiger partial charge in [0.05, 0.1) is 11.1 Å². The molecule has 0 saturated heterocycles. The smallest absolute Gasteiger partial charge is 0.383 e. The minimum atomic E-state index is -4.72. The maximum atomic E-state index is 13.6. The Morgan fingerprint density at radius 1 is 1.00 bits per heavy atom. The number of fused-ring (bicyclic) bond motifs is 1. The first-order chi connectivity index (χ1) is 12.4. The zero-order chi connectivity index (χ0) is 18.5. The van der Waals surface area contributed by atoms with E-state index in [9.17, 15) is 13.2 Å². The molecule has 4 rings (SSSR count). The number of rotatable bonds is 2. The van der Waals surface area contributed by atoms with E-state index in [1.54, 1.807) is 37.4 Å². The fraction of sp³-hybridized carbons (Fsp3) is 0.125. The number of hydrogen-bond acceptors (Lipinski definition) is 5. The van der Waals surface area contributed by atoms with Gasteiger partial charge in [-0.1, -0.05) is 18.2 Å². The van der Waals surface area contributed by atoms with Gasteiger partial charge in [0, 0.05) is 24.8 Å². The van der Waals surface area contributed by atoms with Crippen LogP contribution in [0.2, 0.25) is 0 Å². The second kappa shape index (κ2) is 5.55. The van der Waals surface area contributed by atoms with E-state index in [4.69, 9.17) is 5.73 Å². The van der Waals surface area contributed by atoms with Crippen molar-refractivity contribution in [2.75, 3.05) is 5.73 Å². The first-order valence-corrected chi connectivity index (χ1v) is 7.53. The Bertz CT molecular complexity index is 1100. The molecule has 1 aromatic carbocycles. The van der Waals surface area contributed by atoms with Gasteiger partial charge >= 0.3 is 6.18 Å². The van der Waals surface area contributed by atoms with Gasteiger partial charge in [-0.3, -0.25) is 4.68 Å². The molecule has 2 N–H and O–H groups in total. The molecule has 0 saturated carbocycles. The minimum absolute atomic E-state index is 0.0537. The van der Waals surface area contributed by atoms with Crippen LogP contribution in [-0.4, -0.2) is 29.5 Å². The summed E-state index contributed by atoms with van der Waals surface area (Å²) in [5.41, 5.74) is 5.40. The summed E-state index contributed by atoms with van der Waals surface area (Å²) in [6.07, 6.45) is -1.93. The monoisotopic (exact) mass is 359 g/mol. The lowest BCUT2D eigenvalue weighted by Gasteiger charge is -2.05. The number of benzene rings is 1. The van der Waals surface area contributed by atoms with Crippen LogP contribution in [0.1, 0.15) is 5.69 Å². The number of nitrogens with two attached hydrogens (primary N) is 1. The van der Waals surface area contributed by atoms with Gasteiger partial charge in [-0.2, -0.15) is 28.1 Å². The van der Waals surface area contributed by atoms with Gasteiger partial charge in [0.2, 0.25) is 0 Å². The predicted molar refractivity (Wildman–Crippen MR) is 88.3 cm³/mol. The molecule has 3 heterocycles. The Morgan fingerprint density at radius 3 is 2.38 bits per heavy atom. The molecule has 0 bridgehead atoms. The maximum Gasteiger partial charge on any atom is 0.435 e. The molecule has 0 aliphatic heterocycles. The molecule has 0 aliphatic carbocycles. The van der Waals surface area contributed by atoms with E-state index in [2.05, 4.69) is 20.2 Å². The summed E-state index contributed by atoms with van der Waals surface area (Å²) < 4.78 is 43.3. The number of nitrogen functional groups attached to an aromatic ring is 1. The third-order valence-corrected chi connectivity index (χ3v) is 3.93. The van der Waals surface area contributed by atoms with Crippen LogP contribution in [0, 0.1) is 0 Å². The lowest BCUT2D eigenvalue weighted by atomic mass is 10.1. The SMILES string of the molecule is Cn1nc(-c2c(C(F)(F)F)nn(-c3ncccn3)c2N)c2ccccc21. The molecule has 132 valence electrons. The molecule has 0 spiro atoms. The van der Waals surface area contributed by atoms with Gasteiger partial charge in [-0.05, 0) is 12.1 Å². The standard InChI is InChI=1S/C16H12F3N7/c1-25-10-6-3-2-5-9(10)12(23-25)11-13(16(17,18)19)24-26(14(11)20)15-21-7-4-8-22-15/h2-8H,20H2,1H3. The fourth-order valence-corrected chi connectivity index (χ4v) is 2.81. The lowest BCUT2D eigenvalue weighted by Crippen LogP contribution is -2.09. The van der Waals surface area contributed by atoms with Crippen LogP contribution in [0.3, 0.4) is 0 Å². The summed E-state index contributed by atoms with van der Waals surface area (Å²) in [5.74, 6) is -0.283. The van der Waals surface area contributed by atoms with Crippen LogP contribution in [0.4, 0.5) is 19.0 Å². The van der Waals surface area contributed by atoms with E-state index in [1.807, 2.05) is 0 Å². The van der Waals surface area contributed by atoms with Gasteiger partial charge in [0.25, 0.3) is 5.95 Å². The van der Waals surface area contributed by atoms with E-state index >= 15 is 0 Å². The van der Waals surface area contributed by atoms with Gasteiger partial charge in [0.1, 0.15) is 11.5 Å². The molecule has 3 aromatic heterocycles. The van der Waals surface area contributed by atoms with Crippen molar-refractivity contribution in [2.24, 2.45) is 7.05 Å². The highest BCUT2D eigenvalue weighted by atomic mass is 19.4. The van der Waals surface area contributed by atoms with Crippen LogP contribution >= 0.6 is 0 Å². The highest BCUT2D eigenvalue weighted by Crippen LogP contribution is 2.42.